The van der Waals surface area contributed by atoms with Crippen molar-refractivity contribution in [1.82, 2.24) is 9.78 Å². The molecule has 1 heterocycles. The van der Waals surface area contributed by atoms with Gasteiger partial charge >= 0.3 is 12.1 Å². The maximum Gasteiger partial charge on any atom is 0.416 e. The molecule has 0 atom stereocenters. The van der Waals surface area contributed by atoms with Gasteiger partial charge in [-0.15, -0.1) is 0 Å². The molecule has 2 aromatic rings. The Bertz CT molecular complexity index is 880. The lowest BCUT2D eigenvalue weighted by Crippen LogP contribution is -2.22. The van der Waals surface area contributed by atoms with Crippen molar-refractivity contribution in [2.75, 3.05) is 32.2 Å². The van der Waals surface area contributed by atoms with E-state index in [0.717, 1.165) is 18.2 Å². The number of esters is 1. The number of nitrogens with one attached hydrogen (secondary N) is 1. The summed E-state index contributed by atoms with van der Waals surface area (Å²) in [5, 5.41) is 6.17. The van der Waals surface area contributed by atoms with Gasteiger partial charge in [0.1, 0.15) is 17.9 Å². The number of aromatic nitrogens is 2. The van der Waals surface area contributed by atoms with Crippen LogP contribution in [0.4, 0.5) is 18.9 Å². The maximum atomic E-state index is 13.0. The van der Waals surface area contributed by atoms with Crippen molar-refractivity contribution in [3.05, 3.63) is 41.2 Å². The van der Waals surface area contributed by atoms with Crippen molar-refractivity contribution >= 4 is 17.6 Å². The highest BCUT2D eigenvalue weighted by Gasteiger charge is 2.31. The summed E-state index contributed by atoms with van der Waals surface area (Å²) in [5.74, 6) is -1.57. The first kappa shape index (κ1) is 22.2. The zero-order valence-corrected chi connectivity index (χ0v) is 16.0. The van der Waals surface area contributed by atoms with Crippen LogP contribution in [0, 0.1) is 6.92 Å². The van der Waals surface area contributed by atoms with Gasteiger partial charge in [-0.3, -0.25) is 9.48 Å². The van der Waals surface area contributed by atoms with E-state index in [2.05, 4.69) is 10.4 Å². The minimum absolute atomic E-state index is 0.0258. The topological polar surface area (TPSA) is 91.7 Å². The number of hydrogen-bond donors (Lipinski definition) is 1. The Hall–Kier alpha value is -3.08. The lowest BCUT2D eigenvalue weighted by molar-refractivity contribution is -0.137. The zero-order chi connectivity index (χ0) is 21.6. The highest BCUT2D eigenvalue weighted by atomic mass is 19.4. The lowest BCUT2D eigenvalue weighted by Gasteiger charge is -2.15. The number of carbonyl (C=O) groups excluding carboxylic acids is 2. The number of rotatable bonds is 8. The van der Waals surface area contributed by atoms with Crippen LogP contribution in [0.3, 0.4) is 0 Å². The molecule has 0 radical (unpaired) electrons. The third-order valence-corrected chi connectivity index (χ3v) is 3.92. The molecule has 8 nitrogen and oxygen atoms in total. The number of anilines is 1. The van der Waals surface area contributed by atoms with Crippen LogP contribution in [-0.2, 0) is 27.5 Å². The van der Waals surface area contributed by atoms with Gasteiger partial charge in [0.05, 0.1) is 24.1 Å². The van der Waals surface area contributed by atoms with E-state index in [-0.39, 0.29) is 30.2 Å². The second-order valence-electron chi connectivity index (χ2n) is 5.94. The Labute approximate surface area is 164 Å². The van der Waals surface area contributed by atoms with Gasteiger partial charge < -0.3 is 19.5 Å². The van der Waals surface area contributed by atoms with Gasteiger partial charge in [-0.05, 0) is 25.1 Å². The molecule has 0 aliphatic carbocycles. The van der Waals surface area contributed by atoms with Gasteiger partial charge in [-0.25, -0.2) is 4.79 Å². The van der Waals surface area contributed by atoms with Crippen LogP contribution in [0.1, 0.15) is 21.6 Å². The Morgan fingerprint density at radius 3 is 2.55 bits per heavy atom. The molecule has 29 heavy (non-hydrogen) atoms. The van der Waals surface area contributed by atoms with Crippen LogP contribution in [0.5, 0.6) is 5.75 Å². The maximum absolute atomic E-state index is 13.0. The number of ether oxygens (including phenoxy) is 3. The molecule has 158 valence electrons. The third kappa shape index (κ3) is 5.95. The zero-order valence-electron chi connectivity index (χ0n) is 16.0. The Morgan fingerprint density at radius 1 is 1.24 bits per heavy atom. The molecule has 1 aromatic carbocycles. The Kier molecular flexibility index (Phi) is 7.21. The van der Waals surface area contributed by atoms with Crippen LogP contribution >= 0.6 is 0 Å². The smallest absolute Gasteiger partial charge is 0.416 e. The van der Waals surface area contributed by atoms with Crippen molar-refractivity contribution in [2.45, 2.75) is 13.1 Å². The highest BCUT2D eigenvalue weighted by Crippen LogP contribution is 2.35. The summed E-state index contributed by atoms with van der Waals surface area (Å²) < 4.78 is 55.4. The summed E-state index contributed by atoms with van der Waals surface area (Å²) >= 11 is 0. The predicted octanol–water partition coefficient (Wildman–Crippen LogP) is 2.57. The van der Waals surface area contributed by atoms with Crippen molar-refractivity contribution in [1.29, 1.82) is 0 Å². The number of methoxy groups -OCH3 is 1. The van der Waals surface area contributed by atoms with Crippen molar-refractivity contribution in [3.63, 3.8) is 0 Å². The van der Waals surface area contributed by atoms with Crippen molar-refractivity contribution < 1.29 is 37.0 Å². The normalized spacial score (nSPS) is 11.2. The molecule has 0 saturated carbocycles. The Balaban J connectivity index is 2.08. The highest BCUT2D eigenvalue weighted by molar-refractivity contribution is 5.96. The summed E-state index contributed by atoms with van der Waals surface area (Å²) in [4.78, 5) is 24.1. The molecule has 0 saturated heterocycles. The van der Waals surface area contributed by atoms with Gasteiger partial charge in [-0.2, -0.15) is 18.3 Å². The number of benzene rings is 1. The molecule has 2 rings (SSSR count). The van der Waals surface area contributed by atoms with Gasteiger partial charge in [0.25, 0.3) is 5.91 Å². The molecule has 0 fully saturated rings. The molecular weight excluding hydrogens is 395 g/mol. The van der Waals surface area contributed by atoms with Gasteiger partial charge in [-0.1, -0.05) is 0 Å². The third-order valence-electron chi connectivity index (χ3n) is 3.92. The van der Waals surface area contributed by atoms with Crippen molar-refractivity contribution in [2.24, 2.45) is 7.05 Å². The minimum atomic E-state index is -4.60. The number of aryl methyl sites for hydroxylation is 1. The fourth-order valence-electron chi connectivity index (χ4n) is 2.26. The van der Waals surface area contributed by atoms with Crippen LogP contribution in [0.15, 0.2) is 24.4 Å². The standard InChI is InChI=1S/C18H20F3N3O5/c1-11-13(9-22-24(11)2)17(26)29-10-16(25)23-14-8-12(18(19,20)21)4-5-15(14)28-7-6-27-3/h4-5,8-9H,6-7,10H2,1-3H3,(H,23,25). The largest absolute Gasteiger partial charge is 0.489 e. The van der Waals surface area contributed by atoms with Crippen LogP contribution in [-0.4, -0.2) is 48.6 Å². The summed E-state index contributed by atoms with van der Waals surface area (Å²) in [5.41, 5.74) is -0.436. The molecule has 0 bridgehead atoms. The van der Waals surface area contributed by atoms with E-state index in [4.69, 9.17) is 14.2 Å². The van der Waals surface area contributed by atoms with Gasteiger partial charge in [0.15, 0.2) is 6.61 Å². The van der Waals surface area contributed by atoms with Crippen LogP contribution in [0.2, 0.25) is 0 Å². The predicted molar refractivity (Wildman–Crippen MR) is 95.7 cm³/mol. The van der Waals surface area contributed by atoms with E-state index >= 15 is 0 Å². The summed E-state index contributed by atoms with van der Waals surface area (Å²) in [6, 6.07) is 2.68. The molecule has 0 unspecified atom stereocenters. The average molecular weight is 415 g/mol. The van der Waals surface area contributed by atoms with E-state index in [9.17, 15) is 22.8 Å². The molecule has 0 aliphatic rings. The van der Waals surface area contributed by atoms with Crippen LogP contribution < -0.4 is 10.1 Å². The van der Waals surface area contributed by atoms with E-state index < -0.39 is 30.2 Å². The minimum Gasteiger partial charge on any atom is -0.489 e. The molecule has 11 heteroatoms. The average Bonchev–Trinajstić information content (AvgIpc) is 2.99. The fourth-order valence-corrected chi connectivity index (χ4v) is 2.26. The summed E-state index contributed by atoms with van der Waals surface area (Å²) in [6.07, 6.45) is -3.31. The number of carbonyl (C=O) groups is 2. The molecule has 0 spiro atoms. The van der Waals surface area contributed by atoms with Gasteiger partial charge in [0, 0.05) is 19.9 Å². The van der Waals surface area contributed by atoms with Gasteiger partial charge in [0.2, 0.25) is 0 Å². The molecule has 0 aliphatic heterocycles. The first-order valence-electron chi connectivity index (χ1n) is 8.42. The molecular formula is C18H20F3N3O5. The first-order chi connectivity index (χ1) is 13.6. The Morgan fingerprint density at radius 2 is 1.97 bits per heavy atom. The number of halogens is 3. The monoisotopic (exact) mass is 415 g/mol. The second-order valence-corrected chi connectivity index (χ2v) is 5.94. The second kappa shape index (κ2) is 9.41. The number of amides is 1. The van der Waals surface area contributed by atoms with E-state index in [1.807, 2.05) is 0 Å². The SMILES string of the molecule is COCCOc1ccc(C(F)(F)F)cc1NC(=O)COC(=O)c1cnn(C)c1C. The van der Waals surface area contributed by atoms with E-state index in [1.165, 1.54) is 18.0 Å². The molecule has 1 aromatic heterocycles. The molecule has 1 N–H and O–H groups in total. The van der Waals surface area contributed by atoms with E-state index in [1.54, 1.807) is 14.0 Å². The van der Waals surface area contributed by atoms with Crippen molar-refractivity contribution in [3.8, 4) is 5.75 Å². The quantitative estimate of drug-likeness (QED) is 0.526. The number of hydrogen-bond acceptors (Lipinski definition) is 6. The number of nitrogens with zero attached hydrogens (tertiary/aromatic N) is 2. The summed E-state index contributed by atoms with van der Waals surface area (Å²) in [6.45, 7) is 1.23. The lowest BCUT2D eigenvalue weighted by atomic mass is 10.1. The summed E-state index contributed by atoms with van der Waals surface area (Å²) in [7, 11) is 3.08. The van der Waals surface area contributed by atoms with E-state index in [0.29, 0.717) is 5.69 Å². The fraction of sp³-hybridized carbons (Fsp3) is 0.389. The van der Waals surface area contributed by atoms with Crippen LogP contribution in [0.25, 0.3) is 0 Å². The molecule has 1 amide bonds. The first-order valence-corrected chi connectivity index (χ1v) is 8.42. The number of alkyl halides is 3.